The molecule has 0 radical (unpaired) electrons. The summed E-state index contributed by atoms with van der Waals surface area (Å²) in [6.45, 7) is 3.23. The Morgan fingerprint density at radius 3 is 2.62 bits per heavy atom. The van der Waals surface area contributed by atoms with Crippen LogP contribution in [0.25, 0.3) is 0 Å². The molecule has 4 rings (SSSR count). The molecule has 1 saturated heterocycles. The molecule has 0 N–H and O–H groups in total. The highest BCUT2D eigenvalue weighted by Crippen LogP contribution is 2.35. The summed E-state index contributed by atoms with van der Waals surface area (Å²) >= 11 is 1.36. The van der Waals surface area contributed by atoms with Crippen molar-refractivity contribution in [2.45, 2.75) is 6.54 Å². The number of morpholine rings is 1. The van der Waals surface area contributed by atoms with Crippen LogP contribution in [0.3, 0.4) is 0 Å². The van der Waals surface area contributed by atoms with E-state index in [-0.39, 0.29) is 18.4 Å². The molecule has 26 heavy (non-hydrogen) atoms. The summed E-state index contributed by atoms with van der Waals surface area (Å²) in [6, 6.07) is 9.76. The Hall–Kier alpha value is -2.45. The number of aromatic nitrogens is 1. The minimum absolute atomic E-state index is 0.0572. The van der Waals surface area contributed by atoms with Gasteiger partial charge in [0.2, 0.25) is 5.91 Å². The molecule has 0 atom stereocenters. The van der Waals surface area contributed by atoms with Gasteiger partial charge in [0.25, 0.3) is 5.91 Å². The summed E-state index contributed by atoms with van der Waals surface area (Å²) in [5, 5.41) is 0.771. The third-order valence-electron chi connectivity index (χ3n) is 4.53. The van der Waals surface area contributed by atoms with Crippen molar-refractivity contribution in [2.75, 3.05) is 49.7 Å². The van der Waals surface area contributed by atoms with Gasteiger partial charge < -0.3 is 14.5 Å². The van der Waals surface area contributed by atoms with Gasteiger partial charge >= 0.3 is 0 Å². The number of rotatable bonds is 3. The summed E-state index contributed by atoms with van der Waals surface area (Å²) in [5.41, 5.74) is 1.00. The van der Waals surface area contributed by atoms with Crippen LogP contribution in [0, 0.1) is 0 Å². The highest BCUT2D eigenvalue weighted by molar-refractivity contribution is 7.18. The van der Waals surface area contributed by atoms with Crippen LogP contribution in [-0.4, -0.2) is 61.6 Å². The zero-order chi connectivity index (χ0) is 18.1. The van der Waals surface area contributed by atoms with Gasteiger partial charge in [-0.05, 0) is 5.56 Å². The van der Waals surface area contributed by atoms with Crippen molar-refractivity contribution >= 4 is 34.1 Å². The molecule has 3 heterocycles. The van der Waals surface area contributed by atoms with E-state index in [0.717, 1.165) is 23.8 Å². The lowest BCUT2D eigenvalue weighted by atomic mass is 10.2. The normalized spacial score (nSPS) is 18.1. The summed E-state index contributed by atoms with van der Waals surface area (Å²) < 4.78 is 5.39. The highest BCUT2D eigenvalue weighted by atomic mass is 32.1. The van der Waals surface area contributed by atoms with Crippen LogP contribution in [0.2, 0.25) is 0 Å². The monoisotopic (exact) mass is 372 g/mol. The molecule has 0 bridgehead atoms. The van der Waals surface area contributed by atoms with Gasteiger partial charge in [0.15, 0.2) is 10.9 Å². The van der Waals surface area contributed by atoms with Crippen LogP contribution in [0.4, 0.5) is 10.9 Å². The molecular weight excluding hydrogens is 352 g/mol. The lowest BCUT2D eigenvalue weighted by Gasteiger charge is -2.26. The molecule has 2 aliphatic rings. The fourth-order valence-corrected chi connectivity index (χ4v) is 4.21. The number of carbonyl (C=O) groups is 2. The van der Waals surface area contributed by atoms with E-state index in [1.807, 2.05) is 30.3 Å². The standard InChI is InChI=1S/C18H20N4O3S/c1-20-12-14(23)22(11-13-5-3-2-4-6-13)16-15(17(20)24)26-18(19-16)21-7-9-25-10-8-21/h2-6H,7-12H2,1H3. The maximum absolute atomic E-state index is 12.8. The van der Waals surface area contributed by atoms with E-state index in [1.165, 1.54) is 16.2 Å². The largest absolute Gasteiger partial charge is 0.378 e. The molecule has 1 aromatic carbocycles. The molecule has 1 fully saturated rings. The first kappa shape index (κ1) is 17.0. The fraction of sp³-hybridized carbons (Fsp3) is 0.389. The van der Waals surface area contributed by atoms with Gasteiger partial charge in [-0.2, -0.15) is 0 Å². The summed E-state index contributed by atoms with van der Waals surface area (Å²) in [5.74, 6) is 0.197. The Balaban J connectivity index is 1.72. The van der Waals surface area contributed by atoms with E-state index in [4.69, 9.17) is 9.72 Å². The number of hydrogen-bond acceptors (Lipinski definition) is 6. The Morgan fingerprint density at radius 2 is 1.88 bits per heavy atom. The number of fused-ring (bicyclic) bond motifs is 1. The van der Waals surface area contributed by atoms with Crippen LogP contribution in [0.1, 0.15) is 15.2 Å². The second-order valence-electron chi connectivity index (χ2n) is 6.38. The molecule has 8 heteroatoms. The van der Waals surface area contributed by atoms with Crippen LogP contribution in [0.15, 0.2) is 30.3 Å². The minimum atomic E-state index is -0.152. The van der Waals surface area contributed by atoms with Crippen molar-refractivity contribution in [2.24, 2.45) is 0 Å². The lowest BCUT2D eigenvalue weighted by molar-refractivity contribution is -0.119. The number of benzene rings is 1. The number of ether oxygens (including phenoxy) is 1. The Labute approximate surface area is 155 Å². The predicted molar refractivity (Wildman–Crippen MR) is 99.7 cm³/mol. The SMILES string of the molecule is CN1CC(=O)N(Cc2ccccc2)c2nc(N3CCOCC3)sc2C1=O. The Bertz CT molecular complexity index is 817. The third-order valence-corrected chi connectivity index (χ3v) is 5.63. The maximum Gasteiger partial charge on any atom is 0.268 e. The van der Waals surface area contributed by atoms with E-state index in [2.05, 4.69) is 4.90 Å². The highest BCUT2D eigenvalue weighted by Gasteiger charge is 2.34. The van der Waals surface area contributed by atoms with Gasteiger partial charge in [0.1, 0.15) is 11.4 Å². The van der Waals surface area contributed by atoms with E-state index in [1.54, 1.807) is 11.9 Å². The first-order valence-electron chi connectivity index (χ1n) is 8.57. The van der Waals surface area contributed by atoms with Crippen LogP contribution < -0.4 is 9.80 Å². The number of carbonyl (C=O) groups excluding carboxylic acids is 2. The Morgan fingerprint density at radius 1 is 1.15 bits per heavy atom. The van der Waals surface area contributed by atoms with Crippen molar-refractivity contribution in [1.82, 2.24) is 9.88 Å². The number of amides is 2. The molecule has 1 aromatic heterocycles. The molecule has 2 aromatic rings. The zero-order valence-electron chi connectivity index (χ0n) is 14.6. The number of hydrogen-bond donors (Lipinski definition) is 0. The topological polar surface area (TPSA) is 66.0 Å². The summed E-state index contributed by atoms with van der Waals surface area (Å²) in [6.07, 6.45) is 0. The maximum atomic E-state index is 12.8. The van der Waals surface area contributed by atoms with E-state index < -0.39 is 0 Å². The molecule has 0 unspecified atom stereocenters. The molecule has 0 saturated carbocycles. The predicted octanol–water partition coefficient (Wildman–Crippen LogP) is 1.60. The van der Waals surface area contributed by atoms with Crippen molar-refractivity contribution in [3.05, 3.63) is 40.8 Å². The molecular formula is C18H20N4O3S. The quantitative estimate of drug-likeness (QED) is 0.819. The van der Waals surface area contributed by atoms with Gasteiger partial charge in [-0.15, -0.1) is 0 Å². The second kappa shape index (κ2) is 7.05. The summed E-state index contributed by atoms with van der Waals surface area (Å²) in [4.78, 5) is 36.0. The van der Waals surface area contributed by atoms with Gasteiger partial charge in [-0.1, -0.05) is 41.7 Å². The molecule has 136 valence electrons. The zero-order valence-corrected chi connectivity index (χ0v) is 15.4. The number of anilines is 2. The Kier molecular flexibility index (Phi) is 4.60. The number of nitrogens with zero attached hydrogens (tertiary/aromatic N) is 4. The van der Waals surface area contributed by atoms with Gasteiger partial charge in [0.05, 0.1) is 19.8 Å². The van der Waals surface area contributed by atoms with Crippen molar-refractivity contribution < 1.29 is 14.3 Å². The van der Waals surface area contributed by atoms with Crippen LogP contribution in [0.5, 0.6) is 0 Å². The van der Waals surface area contributed by atoms with Crippen molar-refractivity contribution in [1.29, 1.82) is 0 Å². The molecule has 2 amide bonds. The van der Waals surface area contributed by atoms with Gasteiger partial charge in [0, 0.05) is 20.1 Å². The summed E-state index contributed by atoms with van der Waals surface area (Å²) in [7, 11) is 1.66. The van der Waals surface area contributed by atoms with E-state index in [0.29, 0.717) is 30.5 Å². The van der Waals surface area contributed by atoms with Crippen molar-refractivity contribution in [3.8, 4) is 0 Å². The van der Waals surface area contributed by atoms with Gasteiger partial charge in [-0.3, -0.25) is 14.5 Å². The average Bonchev–Trinajstić information content (AvgIpc) is 3.09. The molecule has 7 nitrogen and oxygen atoms in total. The first-order chi connectivity index (χ1) is 12.6. The smallest absolute Gasteiger partial charge is 0.268 e. The third kappa shape index (κ3) is 3.17. The minimum Gasteiger partial charge on any atom is -0.378 e. The number of likely N-dealkylation sites (N-methyl/N-ethyl adjacent to an activating group) is 1. The molecule has 0 spiro atoms. The fourth-order valence-electron chi connectivity index (χ4n) is 3.09. The lowest BCUT2D eigenvalue weighted by Crippen LogP contribution is -2.38. The molecule has 2 aliphatic heterocycles. The second-order valence-corrected chi connectivity index (χ2v) is 7.35. The first-order valence-corrected chi connectivity index (χ1v) is 9.38. The van der Waals surface area contributed by atoms with Crippen LogP contribution >= 0.6 is 11.3 Å². The van der Waals surface area contributed by atoms with Crippen LogP contribution in [-0.2, 0) is 16.1 Å². The number of thiazole rings is 1. The molecule has 0 aliphatic carbocycles. The van der Waals surface area contributed by atoms with E-state index in [9.17, 15) is 9.59 Å². The van der Waals surface area contributed by atoms with Gasteiger partial charge in [-0.25, -0.2) is 4.98 Å². The van der Waals surface area contributed by atoms with Crippen molar-refractivity contribution in [3.63, 3.8) is 0 Å². The average molecular weight is 372 g/mol. The van der Waals surface area contributed by atoms with E-state index >= 15 is 0 Å².